The van der Waals surface area contributed by atoms with E-state index >= 15 is 0 Å². The molecule has 0 bridgehead atoms. The quantitative estimate of drug-likeness (QED) is 0.585. The van der Waals surface area contributed by atoms with Crippen molar-refractivity contribution in [1.82, 2.24) is 9.97 Å². The van der Waals surface area contributed by atoms with Crippen molar-refractivity contribution >= 4 is 28.6 Å². The van der Waals surface area contributed by atoms with Crippen molar-refractivity contribution in [2.24, 2.45) is 0 Å². The number of aliphatic carboxylic acids is 1. The highest BCUT2D eigenvalue weighted by atomic mass is 32.2. The summed E-state index contributed by atoms with van der Waals surface area (Å²) in [4.78, 5) is 20.5. The molecule has 0 saturated carbocycles. The molecule has 110 valence electrons. The molecular weight excluding hydrogens is 296 g/mol. The van der Waals surface area contributed by atoms with E-state index in [1.807, 2.05) is 61.5 Å². The molecule has 2 aromatic carbocycles. The first-order valence-electron chi connectivity index (χ1n) is 6.83. The van der Waals surface area contributed by atoms with E-state index in [4.69, 9.17) is 0 Å². The maximum Gasteiger partial charge on any atom is 0.321 e. The number of para-hydroxylation sites is 1. The van der Waals surface area contributed by atoms with Gasteiger partial charge in [-0.2, -0.15) is 0 Å². The van der Waals surface area contributed by atoms with Crippen LogP contribution in [0.2, 0.25) is 0 Å². The number of carboxylic acid groups (broad SMARTS) is 1. The summed E-state index contributed by atoms with van der Waals surface area (Å²) in [5.41, 5.74) is 1.58. The highest BCUT2D eigenvalue weighted by molar-refractivity contribution is 8.00. The number of aryl methyl sites for hydroxylation is 1. The second-order valence-electron chi connectivity index (χ2n) is 4.84. The SMILES string of the molecule is Cc1nc(SC(C(=O)O)c2ccccc2)c2ccccc2n1. The van der Waals surface area contributed by atoms with Crippen molar-refractivity contribution in [1.29, 1.82) is 0 Å². The number of hydrogen-bond acceptors (Lipinski definition) is 4. The van der Waals surface area contributed by atoms with Gasteiger partial charge in [-0.25, -0.2) is 9.97 Å². The fourth-order valence-corrected chi connectivity index (χ4v) is 3.35. The lowest BCUT2D eigenvalue weighted by atomic mass is 10.1. The third kappa shape index (κ3) is 2.94. The van der Waals surface area contributed by atoms with Crippen molar-refractivity contribution < 1.29 is 9.90 Å². The Hall–Kier alpha value is -2.40. The average molecular weight is 310 g/mol. The Balaban J connectivity index is 2.06. The van der Waals surface area contributed by atoms with Crippen molar-refractivity contribution in [3.8, 4) is 0 Å². The summed E-state index contributed by atoms with van der Waals surface area (Å²) in [6, 6.07) is 16.8. The molecule has 0 aliphatic carbocycles. The van der Waals surface area contributed by atoms with Crippen LogP contribution in [0.5, 0.6) is 0 Å². The van der Waals surface area contributed by atoms with Gasteiger partial charge < -0.3 is 5.11 Å². The minimum atomic E-state index is -0.878. The van der Waals surface area contributed by atoms with Crippen LogP contribution in [-0.2, 0) is 4.79 Å². The predicted molar refractivity (Wildman–Crippen MR) is 87.0 cm³/mol. The monoisotopic (exact) mass is 310 g/mol. The van der Waals surface area contributed by atoms with Gasteiger partial charge in [-0.15, -0.1) is 0 Å². The molecule has 3 rings (SSSR count). The molecule has 0 fully saturated rings. The molecule has 0 aliphatic heterocycles. The number of benzene rings is 2. The van der Waals surface area contributed by atoms with Gasteiger partial charge in [0.2, 0.25) is 0 Å². The summed E-state index contributed by atoms with van der Waals surface area (Å²) in [5.74, 6) is -0.241. The molecule has 22 heavy (non-hydrogen) atoms. The van der Waals surface area contributed by atoms with Crippen molar-refractivity contribution in [2.45, 2.75) is 17.2 Å². The third-order valence-corrected chi connectivity index (χ3v) is 4.48. The number of hydrogen-bond donors (Lipinski definition) is 1. The molecule has 0 amide bonds. The van der Waals surface area contributed by atoms with E-state index < -0.39 is 11.2 Å². The minimum absolute atomic E-state index is 0.637. The van der Waals surface area contributed by atoms with E-state index in [0.717, 1.165) is 16.5 Å². The van der Waals surface area contributed by atoms with Gasteiger partial charge in [-0.05, 0) is 18.6 Å². The van der Waals surface area contributed by atoms with Crippen molar-refractivity contribution in [3.63, 3.8) is 0 Å². The summed E-state index contributed by atoms with van der Waals surface area (Å²) in [6.45, 7) is 1.81. The molecule has 0 aliphatic rings. The summed E-state index contributed by atoms with van der Waals surface area (Å²) in [6.07, 6.45) is 0. The standard InChI is InChI=1S/C17H14N2O2S/c1-11-18-14-10-6-5-9-13(14)16(19-11)22-15(17(20)21)12-7-3-2-4-8-12/h2-10,15H,1H3,(H,20,21). The Morgan fingerprint density at radius 2 is 1.73 bits per heavy atom. The number of rotatable bonds is 4. The molecule has 1 heterocycles. The van der Waals surface area contributed by atoms with E-state index in [0.29, 0.717) is 10.9 Å². The van der Waals surface area contributed by atoms with E-state index in [9.17, 15) is 9.90 Å². The van der Waals surface area contributed by atoms with Gasteiger partial charge in [0.1, 0.15) is 16.1 Å². The molecule has 1 unspecified atom stereocenters. The van der Waals surface area contributed by atoms with Gasteiger partial charge in [-0.1, -0.05) is 60.3 Å². The summed E-state index contributed by atoms with van der Waals surface area (Å²) < 4.78 is 0. The zero-order chi connectivity index (χ0) is 15.5. The second kappa shape index (κ2) is 6.15. The summed E-state index contributed by atoms with van der Waals surface area (Å²) in [5, 5.41) is 10.4. The zero-order valence-corrected chi connectivity index (χ0v) is 12.7. The van der Waals surface area contributed by atoms with Gasteiger partial charge in [0.15, 0.2) is 0 Å². The number of thioether (sulfide) groups is 1. The van der Waals surface area contributed by atoms with Crippen LogP contribution in [-0.4, -0.2) is 21.0 Å². The Labute approximate surface area is 132 Å². The van der Waals surface area contributed by atoms with E-state index in [1.165, 1.54) is 11.8 Å². The highest BCUT2D eigenvalue weighted by Crippen LogP contribution is 2.37. The number of fused-ring (bicyclic) bond motifs is 1. The van der Waals surface area contributed by atoms with Gasteiger partial charge in [0, 0.05) is 5.39 Å². The topological polar surface area (TPSA) is 63.1 Å². The molecular formula is C17H14N2O2S. The number of aromatic nitrogens is 2. The van der Waals surface area contributed by atoms with Crippen LogP contribution in [0.1, 0.15) is 16.6 Å². The second-order valence-corrected chi connectivity index (χ2v) is 5.93. The van der Waals surface area contributed by atoms with Crippen LogP contribution in [0, 0.1) is 6.92 Å². The molecule has 1 atom stereocenters. The summed E-state index contributed by atoms with van der Waals surface area (Å²) in [7, 11) is 0. The van der Waals surface area contributed by atoms with Crippen LogP contribution < -0.4 is 0 Å². The van der Waals surface area contributed by atoms with Crippen LogP contribution >= 0.6 is 11.8 Å². The lowest BCUT2D eigenvalue weighted by molar-refractivity contribution is -0.136. The Kier molecular flexibility index (Phi) is 4.06. The van der Waals surface area contributed by atoms with Crippen LogP contribution in [0.3, 0.4) is 0 Å². The first-order chi connectivity index (χ1) is 10.6. The maximum atomic E-state index is 11.7. The maximum absolute atomic E-state index is 11.7. The lowest BCUT2D eigenvalue weighted by Crippen LogP contribution is -2.08. The van der Waals surface area contributed by atoms with Gasteiger partial charge >= 0.3 is 5.97 Å². The minimum Gasteiger partial charge on any atom is -0.480 e. The number of carbonyl (C=O) groups is 1. The molecule has 1 N–H and O–H groups in total. The van der Waals surface area contributed by atoms with Crippen LogP contribution in [0.15, 0.2) is 59.6 Å². The van der Waals surface area contributed by atoms with E-state index in [-0.39, 0.29) is 0 Å². The van der Waals surface area contributed by atoms with Crippen molar-refractivity contribution in [3.05, 3.63) is 66.0 Å². The smallest absolute Gasteiger partial charge is 0.321 e. The molecule has 5 heteroatoms. The van der Waals surface area contributed by atoms with Gasteiger partial charge in [0.25, 0.3) is 0 Å². The van der Waals surface area contributed by atoms with Crippen LogP contribution in [0.4, 0.5) is 0 Å². The third-order valence-electron chi connectivity index (χ3n) is 3.24. The molecule has 1 aromatic heterocycles. The van der Waals surface area contributed by atoms with Crippen molar-refractivity contribution in [2.75, 3.05) is 0 Å². The lowest BCUT2D eigenvalue weighted by Gasteiger charge is -2.13. The molecule has 4 nitrogen and oxygen atoms in total. The Bertz CT molecular complexity index is 821. The van der Waals surface area contributed by atoms with E-state index in [2.05, 4.69) is 9.97 Å². The number of carboxylic acids is 1. The fraction of sp³-hybridized carbons (Fsp3) is 0.118. The van der Waals surface area contributed by atoms with Crippen LogP contribution in [0.25, 0.3) is 10.9 Å². The van der Waals surface area contributed by atoms with Gasteiger partial charge in [0.05, 0.1) is 5.52 Å². The Morgan fingerprint density at radius 1 is 1.05 bits per heavy atom. The Morgan fingerprint density at radius 3 is 2.45 bits per heavy atom. The fourth-order valence-electron chi connectivity index (χ4n) is 2.25. The van der Waals surface area contributed by atoms with E-state index in [1.54, 1.807) is 0 Å². The highest BCUT2D eigenvalue weighted by Gasteiger charge is 2.23. The average Bonchev–Trinajstić information content (AvgIpc) is 2.52. The predicted octanol–water partition coefficient (Wildman–Crippen LogP) is 3.86. The molecule has 0 spiro atoms. The largest absolute Gasteiger partial charge is 0.480 e. The molecule has 3 aromatic rings. The number of nitrogens with zero attached hydrogens (tertiary/aromatic N) is 2. The molecule has 0 saturated heterocycles. The first-order valence-corrected chi connectivity index (χ1v) is 7.71. The first kappa shape index (κ1) is 14.5. The molecule has 0 radical (unpaired) electrons. The normalized spacial score (nSPS) is 12.2. The summed E-state index contributed by atoms with van der Waals surface area (Å²) >= 11 is 1.24. The van der Waals surface area contributed by atoms with Gasteiger partial charge in [-0.3, -0.25) is 4.79 Å². The zero-order valence-electron chi connectivity index (χ0n) is 11.9.